The van der Waals surface area contributed by atoms with Crippen molar-refractivity contribution in [2.45, 2.75) is 19.4 Å². The maximum atomic E-state index is 9.41. The molecule has 1 N–H and O–H groups in total. The maximum Gasteiger partial charge on any atom is 0.229 e. The molecule has 0 bridgehead atoms. The lowest BCUT2D eigenvalue weighted by Gasteiger charge is -2.06. The number of aromatic nitrogens is 1. The Hall–Kier alpha value is -1.53. The topological polar surface area (TPSA) is 42.4 Å². The number of ether oxygens (including phenoxy) is 1. The summed E-state index contributed by atoms with van der Waals surface area (Å²) in [5.41, 5.74) is -0.321. The lowest BCUT2D eigenvalue weighted by Crippen LogP contribution is -2.14. The van der Waals surface area contributed by atoms with Gasteiger partial charge < -0.3 is 9.84 Å². The maximum absolute atomic E-state index is 9.41. The minimum absolute atomic E-state index is 0.476. The predicted molar refractivity (Wildman–Crippen MR) is 54.0 cm³/mol. The molecule has 0 fully saturated rings. The fraction of sp³-hybridized carbons (Fsp3) is 0.364. The van der Waals surface area contributed by atoms with Crippen molar-refractivity contribution >= 4 is 0 Å². The Balaban J connectivity index is 3.00. The highest BCUT2D eigenvalue weighted by atomic mass is 16.5. The average molecular weight is 191 g/mol. The van der Waals surface area contributed by atoms with Crippen molar-refractivity contribution in [2.75, 3.05) is 7.11 Å². The zero-order chi connectivity index (χ0) is 10.6. The van der Waals surface area contributed by atoms with Crippen molar-refractivity contribution < 1.29 is 9.84 Å². The second kappa shape index (κ2) is 4.12. The molecule has 1 heterocycles. The second-order valence-corrected chi connectivity index (χ2v) is 3.37. The van der Waals surface area contributed by atoms with E-state index in [-0.39, 0.29) is 0 Å². The summed E-state index contributed by atoms with van der Waals surface area (Å²) in [7, 11) is 1.54. The highest BCUT2D eigenvalue weighted by Gasteiger charge is 2.06. The van der Waals surface area contributed by atoms with Gasteiger partial charge in [-0.15, -0.1) is 0 Å². The summed E-state index contributed by atoms with van der Waals surface area (Å²) in [4.78, 5) is 3.99. The fourth-order valence-electron chi connectivity index (χ4n) is 0.869. The Morgan fingerprint density at radius 1 is 1.50 bits per heavy atom. The van der Waals surface area contributed by atoms with Gasteiger partial charge in [0.25, 0.3) is 0 Å². The van der Waals surface area contributed by atoms with Gasteiger partial charge in [-0.3, -0.25) is 0 Å². The van der Waals surface area contributed by atoms with Gasteiger partial charge in [0, 0.05) is 6.20 Å². The Labute approximate surface area is 83.7 Å². The molecule has 0 amide bonds. The molecule has 3 heteroatoms. The molecule has 0 spiro atoms. The summed E-state index contributed by atoms with van der Waals surface area (Å²) >= 11 is 0. The SMILES string of the molecule is COc1ncccc1C#CC(C)(C)O. The molecule has 14 heavy (non-hydrogen) atoms. The normalized spacial score (nSPS) is 10.3. The number of rotatable bonds is 1. The van der Waals surface area contributed by atoms with Gasteiger partial charge in [0.2, 0.25) is 5.88 Å². The number of pyridine rings is 1. The first-order chi connectivity index (χ1) is 6.53. The van der Waals surface area contributed by atoms with Crippen LogP contribution in [-0.4, -0.2) is 22.8 Å². The number of hydrogen-bond donors (Lipinski definition) is 1. The zero-order valence-electron chi connectivity index (χ0n) is 8.53. The monoisotopic (exact) mass is 191 g/mol. The van der Waals surface area contributed by atoms with E-state index in [0.717, 1.165) is 0 Å². The predicted octanol–water partition coefficient (Wildman–Crippen LogP) is 1.21. The molecule has 1 aromatic heterocycles. The van der Waals surface area contributed by atoms with Crippen molar-refractivity contribution in [3.8, 4) is 17.7 Å². The third kappa shape index (κ3) is 3.08. The standard InChI is InChI=1S/C11H13NO2/c1-11(2,13)7-6-9-5-4-8-12-10(9)14-3/h4-5,8,13H,1-3H3. The van der Waals surface area contributed by atoms with Crippen LogP contribution in [0.5, 0.6) is 5.88 Å². The zero-order valence-corrected chi connectivity index (χ0v) is 8.53. The molecule has 3 nitrogen and oxygen atoms in total. The molecular formula is C11H13NO2. The van der Waals surface area contributed by atoms with Gasteiger partial charge in [0.1, 0.15) is 5.60 Å². The van der Waals surface area contributed by atoms with E-state index in [4.69, 9.17) is 4.74 Å². The highest BCUT2D eigenvalue weighted by Crippen LogP contribution is 2.12. The van der Waals surface area contributed by atoms with E-state index in [1.807, 2.05) is 0 Å². The summed E-state index contributed by atoms with van der Waals surface area (Å²) in [6.45, 7) is 3.26. The fourth-order valence-corrected chi connectivity index (χ4v) is 0.869. The molecule has 0 aliphatic heterocycles. The molecule has 1 aromatic rings. The third-order valence-corrected chi connectivity index (χ3v) is 1.47. The van der Waals surface area contributed by atoms with Crippen LogP contribution in [0.4, 0.5) is 0 Å². The smallest absolute Gasteiger partial charge is 0.229 e. The van der Waals surface area contributed by atoms with Crippen LogP contribution in [-0.2, 0) is 0 Å². The van der Waals surface area contributed by atoms with Gasteiger partial charge in [-0.25, -0.2) is 4.98 Å². The summed E-state index contributed by atoms with van der Waals surface area (Å²) in [6, 6.07) is 3.57. The van der Waals surface area contributed by atoms with Gasteiger partial charge in [-0.1, -0.05) is 11.8 Å². The van der Waals surface area contributed by atoms with Crippen molar-refractivity contribution in [3.63, 3.8) is 0 Å². The Kier molecular flexibility index (Phi) is 3.10. The van der Waals surface area contributed by atoms with E-state index in [1.165, 1.54) is 7.11 Å². The van der Waals surface area contributed by atoms with E-state index < -0.39 is 5.60 Å². The Morgan fingerprint density at radius 2 is 2.21 bits per heavy atom. The van der Waals surface area contributed by atoms with Crippen molar-refractivity contribution in [1.29, 1.82) is 0 Å². The minimum atomic E-state index is -0.999. The van der Waals surface area contributed by atoms with Crippen molar-refractivity contribution in [1.82, 2.24) is 4.98 Å². The number of methoxy groups -OCH3 is 1. The summed E-state index contributed by atoms with van der Waals surface area (Å²) in [5.74, 6) is 5.99. The molecule has 0 saturated carbocycles. The van der Waals surface area contributed by atoms with Crippen LogP contribution >= 0.6 is 0 Å². The molecule has 0 atom stereocenters. The first-order valence-electron chi connectivity index (χ1n) is 4.27. The summed E-state index contributed by atoms with van der Waals surface area (Å²) < 4.78 is 5.02. The van der Waals surface area contributed by atoms with Crippen LogP contribution in [0.25, 0.3) is 0 Å². The molecule has 0 unspecified atom stereocenters. The van der Waals surface area contributed by atoms with Crippen LogP contribution in [0.15, 0.2) is 18.3 Å². The molecule has 0 aromatic carbocycles. The minimum Gasteiger partial charge on any atom is -0.480 e. The summed E-state index contributed by atoms with van der Waals surface area (Å²) in [5, 5.41) is 9.41. The number of aliphatic hydroxyl groups is 1. The van der Waals surface area contributed by atoms with E-state index >= 15 is 0 Å². The first-order valence-corrected chi connectivity index (χ1v) is 4.27. The first kappa shape index (κ1) is 10.6. The molecule has 0 radical (unpaired) electrons. The largest absolute Gasteiger partial charge is 0.480 e. The molecule has 0 aliphatic rings. The van der Waals surface area contributed by atoms with Crippen LogP contribution in [0.2, 0.25) is 0 Å². The molecular weight excluding hydrogens is 178 g/mol. The summed E-state index contributed by atoms with van der Waals surface area (Å²) in [6.07, 6.45) is 1.63. The Bertz CT molecular complexity index is 369. The van der Waals surface area contributed by atoms with Crippen LogP contribution < -0.4 is 4.74 Å². The molecule has 0 aliphatic carbocycles. The number of hydrogen-bond acceptors (Lipinski definition) is 3. The van der Waals surface area contributed by atoms with Crippen LogP contribution in [0, 0.1) is 11.8 Å². The van der Waals surface area contributed by atoms with Crippen molar-refractivity contribution in [2.24, 2.45) is 0 Å². The second-order valence-electron chi connectivity index (χ2n) is 3.37. The molecule has 74 valence electrons. The highest BCUT2D eigenvalue weighted by molar-refractivity contribution is 5.42. The van der Waals surface area contributed by atoms with Crippen LogP contribution in [0.3, 0.4) is 0 Å². The van der Waals surface area contributed by atoms with E-state index in [0.29, 0.717) is 11.4 Å². The van der Waals surface area contributed by atoms with Gasteiger partial charge in [-0.05, 0) is 26.0 Å². The van der Waals surface area contributed by atoms with Gasteiger partial charge in [-0.2, -0.15) is 0 Å². The van der Waals surface area contributed by atoms with Crippen molar-refractivity contribution in [3.05, 3.63) is 23.9 Å². The lowest BCUT2D eigenvalue weighted by molar-refractivity contribution is 0.143. The van der Waals surface area contributed by atoms with Gasteiger partial charge in [0.15, 0.2) is 0 Å². The number of nitrogens with zero attached hydrogens (tertiary/aromatic N) is 1. The average Bonchev–Trinajstić information content (AvgIpc) is 2.14. The quantitative estimate of drug-likeness (QED) is 0.678. The van der Waals surface area contributed by atoms with Gasteiger partial charge in [0.05, 0.1) is 12.7 Å². The lowest BCUT2D eigenvalue weighted by atomic mass is 10.1. The molecule has 0 saturated heterocycles. The Morgan fingerprint density at radius 3 is 2.79 bits per heavy atom. The van der Waals surface area contributed by atoms with E-state index in [9.17, 15) is 5.11 Å². The van der Waals surface area contributed by atoms with E-state index in [1.54, 1.807) is 32.2 Å². The molecule has 1 rings (SSSR count). The van der Waals surface area contributed by atoms with Crippen LogP contribution in [0.1, 0.15) is 19.4 Å². The third-order valence-electron chi connectivity index (χ3n) is 1.47. The van der Waals surface area contributed by atoms with E-state index in [2.05, 4.69) is 16.8 Å². The van der Waals surface area contributed by atoms with Gasteiger partial charge >= 0.3 is 0 Å².